The molecule has 0 spiro atoms. The Balaban J connectivity index is 1.93. The van der Waals surface area contributed by atoms with Gasteiger partial charge >= 0.3 is 0 Å². The lowest BCUT2D eigenvalue weighted by Gasteiger charge is -2.21. The zero-order chi connectivity index (χ0) is 16.3. The third kappa shape index (κ3) is 3.92. The molecular weight excluding hydrogens is 398 g/mol. The summed E-state index contributed by atoms with van der Waals surface area (Å²) in [7, 11) is -3.61. The lowest BCUT2D eigenvalue weighted by molar-refractivity contribution is 0.359. The van der Waals surface area contributed by atoms with E-state index in [1.807, 2.05) is 16.8 Å². The van der Waals surface area contributed by atoms with Gasteiger partial charge in [0.2, 0.25) is 10.0 Å². The second kappa shape index (κ2) is 7.00. The summed E-state index contributed by atoms with van der Waals surface area (Å²) in [5.41, 5.74) is 0.960. The molecule has 3 aromatic rings. The van der Waals surface area contributed by atoms with Crippen LogP contribution in [0.2, 0.25) is 0 Å². The quantitative estimate of drug-likeness (QED) is 0.599. The maximum atomic E-state index is 13.0. The second-order valence-corrected chi connectivity index (χ2v) is 8.57. The molecule has 23 heavy (non-hydrogen) atoms. The Morgan fingerprint density at radius 1 is 1.09 bits per heavy atom. The highest BCUT2D eigenvalue weighted by atomic mass is 79.9. The number of hydrogen-bond donors (Lipinski definition) is 0. The van der Waals surface area contributed by atoms with E-state index >= 15 is 0 Å². The predicted molar refractivity (Wildman–Crippen MR) is 93.6 cm³/mol. The van der Waals surface area contributed by atoms with Gasteiger partial charge in [-0.05, 0) is 58.8 Å². The van der Waals surface area contributed by atoms with E-state index in [-0.39, 0.29) is 11.4 Å². The Hall–Kier alpha value is -1.41. The molecule has 2 aromatic heterocycles. The first-order valence-electron chi connectivity index (χ1n) is 6.85. The van der Waals surface area contributed by atoms with E-state index in [9.17, 15) is 8.42 Å². The number of halogens is 1. The average molecular weight is 412 g/mol. The fourth-order valence-corrected chi connectivity index (χ4v) is 4.46. The van der Waals surface area contributed by atoms with Crippen molar-refractivity contribution in [3.05, 3.63) is 75.3 Å². The normalized spacial score (nSPS) is 11.9. The van der Waals surface area contributed by atoms with Crippen LogP contribution in [0, 0.1) is 0 Å². The minimum absolute atomic E-state index is 0.196. The molecule has 0 saturated heterocycles. The summed E-state index contributed by atoms with van der Waals surface area (Å²) >= 11 is 4.87. The predicted octanol–water partition coefficient (Wildman–Crippen LogP) is 4.49. The summed E-state index contributed by atoms with van der Waals surface area (Å²) in [6.07, 6.45) is 1.55. The van der Waals surface area contributed by atoms with Crippen molar-refractivity contribution in [2.45, 2.75) is 18.0 Å². The molecule has 0 aliphatic rings. The summed E-state index contributed by atoms with van der Waals surface area (Å²) in [5.74, 6) is 0.612. The number of benzene rings is 1. The molecule has 0 N–H and O–H groups in total. The van der Waals surface area contributed by atoms with Gasteiger partial charge in [0.15, 0.2) is 0 Å². The van der Waals surface area contributed by atoms with Gasteiger partial charge in [-0.1, -0.05) is 15.9 Å². The van der Waals surface area contributed by atoms with Gasteiger partial charge < -0.3 is 4.42 Å². The Morgan fingerprint density at radius 2 is 1.87 bits per heavy atom. The Morgan fingerprint density at radius 3 is 2.48 bits per heavy atom. The first-order valence-corrected chi connectivity index (χ1v) is 10.0. The van der Waals surface area contributed by atoms with E-state index in [2.05, 4.69) is 15.9 Å². The van der Waals surface area contributed by atoms with Crippen LogP contribution in [-0.4, -0.2) is 12.7 Å². The fraction of sp³-hybridized carbons (Fsp3) is 0.125. The molecule has 0 atom stereocenters. The monoisotopic (exact) mass is 411 g/mol. The van der Waals surface area contributed by atoms with Crippen molar-refractivity contribution in [1.82, 2.24) is 4.31 Å². The van der Waals surface area contributed by atoms with E-state index in [0.29, 0.717) is 12.3 Å². The van der Waals surface area contributed by atoms with E-state index in [4.69, 9.17) is 4.42 Å². The van der Waals surface area contributed by atoms with E-state index in [1.54, 1.807) is 54.0 Å². The van der Waals surface area contributed by atoms with Crippen molar-refractivity contribution < 1.29 is 12.8 Å². The molecule has 4 nitrogen and oxygen atoms in total. The van der Waals surface area contributed by atoms with E-state index < -0.39 is 10.0 Å². The SMILES string of the molecule is O=S(=O)(c1ccc(Br)cc1)N(Cc1ccsc1)Cc1ccco1. The van der Waals surface area contributed by atoms with Gasteiger partial charge in [-0.2, -0.15) is 15.6 Å². The maximum absolute atomic E-state index is 13.0. The van der Waals surface area contributed by atoms with Crippen LogP contribution in [0.3, 0.4) is 0 Å². The van der Waals surface area contributed by atoms with Crippen molar-refractivity contribution >= 4 is 37.3 Å². The second-order valence-electron chi connectivity index (χ2n) is 4.94. The highest BCUT2D eigenvalue weighted by molar-refractivity contribution is 9.10. The van der Waals surface area contributed by atoms with Crippen LogP contribution in [-0.2, 0) is 23.1 Å². The number of thiophene rings is 1. The molecule has 0 radical (unpaired) electrons. The highest BCUT2D eigenvalue weighted by Gasteiger charge is 2.25. The van der Waals surface area contributed by atoms with Gasteiger partial charge in [-0.25, -0.2) is 8.42 Å². The molecule has 0 fully saturated rings. The summed E-state index contributed by atoms with van der Waals surface area (Å²) in [4.78, 5) is 0.266. The number of nitrogens with zero attached hydrogens (tertiary/aromatic N) is 1. The zero-order valence-corrected chi connectivity index (χ0v) is 15.3. The summed E-state index contributed by atoms with van der Waals surface area (Å²) < 4.78 is 33.5. The largest absolute Gasteiger partial charge is 0.468 e. The summed E-state index contributed by atoms with van der Waals surface area (Å²) in [5, 5.41) is 3.89. The average Bonchev–Trinajstić information content (AvgIpc) is 3.20. The maximum Gasteiger partial charge on any atom is 0.243 e. The molecule has 7 heteroatoms. The minimum Gasteiger partial charge on any atom is -0.468 e. The van der Waals surface area contributed by atoms with Crippen LogP contribution in [0.1, 0.15) is 11.3 Å². The molecular formula is C16H14BrNO3S2. The molecule has 0 bridgehead atoms. The number of hydrogen-bond acceptors (Lipinski definition) is 4. The van der Waals surface area contributed by atoms with Crippen LogP contribution < -0.4 is 0 Å². The Labute approximate surface area is 147 Å². The van der Waals surface area contributed by atoms with Crippen LogP contribution in [0.15, 0.2) is 73.3 Å². The lowest BCUT2D eigenvalue weighted by atomic mass is 10.3. The number of rotatable bonds is 6. The molecule has 0 amide bonds. The first kappa shape index (κ1) is 16.4. The lowest BCUT2D eigenvalue weighted by Crippen LogP contribution is -2.30. The van der Waals surface area contributed by atoms with Crippen molar-refractivity contribution in [2.24, 2.45) is 0 Å². The molecule has 0 unspecified atom stereocenters. The van der Waals surface area contributed by atoms with E-state index in [0.717, 1.165) is 10.0 Å². The molecule has 0 saturated carbocycles. The van der Waals surface area contributed by atoms with Crippen LogP contribution in [0.5, 0.6) is 0 Å². The third-order valence-corrected chi connectivity index (χ3v) is 6.37. The van der Waals surface area contributed by atoms with Gasteiger partial charge in [-0.3, -0.25) is 0 Å². The summed E-state index contributed by atoms with van der Waals surface area (Å²) in [6, 6.07) is 12.1. The zero-order valence-electron chi connectivity index (χ0n) is 12.1. The molecule has 0 aliphatic heterocycles. The van der Waals surface area contributed by atoms with Gasteiger partial charge in [-0.15, -0.1) is 0 Å². The van der Waals surface area contributed by atoms with Crippen molar-refractivity contribution in [3.8, 4) is 0 Å². The topological polar surface area (TPSA) is 50.5 Å². The van der Waals surface area contributed by atoms with Crippen LogP contribution in [0.4, 0.5) is 0 Å². The third-order valence-electron chi connectivity index (χ3n) is 3.30. The van der Waals surface area contributed by atoms with Gasteiger partial charge in [0.05, 0.1) is 17.7 Å². The van der Waals surface area contributed by atoms with Gasteiger partial charge in [0, 0.05) is 11.0 Å². The highest BCUT2D eigenvalue weighted by Crippen LogP contribution is 2.23. The number of furan rings is 1. The molecule has 1 aromatic carbocycles. The molecule has 2 heterocycles. The van der Waals surface area contributed by atoms with Crippen molar-refractivity contribution in [1.29, 1.82) is 0 Å². The minimum atomic E-state index is -3.61. The standard InChI is InChI=1S/C16H14BrNO3S2/c17-14-3-5-16(6-4-14)23(19,20)18(10-13-7-9-22-12-13)11-15-2-1-8-21-15/h1-9,12H,10-11H2. The van der Waals surface area contributed by atoms with E-state index in [1.165, 1.54) is 4.31 Å². The van der Waals surface area contributed by atoms with Crippen molar-refractivity contribution in [3.63, 3.8) is 0 Å². The number of sulfonamides is 1. The summed E-state index contributed by atoms with van der Waals surface area (Å²) in [6.45, 7) is 0.504. The fourth-order valence-electron chi connectivity index (χ4n) is 2.14. The first-order chi connectivity index (χ1) is 11.1. The Bertz CT molecular complexity index is 805. The molecule has 120 valence electrons. The molecule has 0 aliphatic carbocycles. The molecule has 3 rings (SSSR count). The van der Waals surface area contributed by atoms with Crippen LogP contribution >= 0.6 is 27.3 Å². The van der Waals surface area contributed by atoms with Crippen molar-refractivity contribution in [2.75, 3.05) is 0 Å². The van der Waals surface area contributed by atoms with Gasteiger partial charge in [0.25, 0.3) is 0 Å². The van der Waals surface area contributed by atoms with Crippen LogP contribution in [0.25, 0.3) is 0 Å². The smallest absolute Gasteiger partial charge is 0.243 e. The Kier molecular flexibility index (Phi) is 5.01. The van der Waals surface area contributed by atoms with Gasteiger partial charge in [0.1, 0.15) is 5.76 Å².